The first-order valence-corrected chi connectivity index (χ1v) is 7.59. The lowest BCUT2D eigenvalue weighted by Gasteiger charge is -2.05. The standard InChI is InChI=1S/C8H8BrFO.C8H7FO/c9-5-8(11)6-2-1-3-7(10)4-6;9-7-3-1-2-6(4-7)8-5-10-8/h1-4,8,11H,5H2;1-4,8H,5H2/t2*8-/m00/s1. The van der Waals surface area contributed by atoms with Crippen LogP contribution >= 0.6 is 15.9 Å². The Morgan fingerprint density at radius 1 is 1.14 bits per heavy atom. The van der Waals surface area contributed by atoms with Gasteiger partial charge in [0.15, 0.2) is 0 Å². The van der Waals surface area contributed by atoms with Crippen molar-refractivity contribution in [1.82, 2.24) is 0 Å². The molecule has 112 valence electrons. The maximum absolute atomic E-state index is 12.5. The molecule has 1 aliphatic heterocycles. The Bertz CT molecular complexity index is 588. The Balaban J connectivity index is 0.000000154. The Kier molecular flexibility index (Phi) is 5.85. The van der Waals surface area contributed by atoms with Crippen LogP contribution in [0.15, 0.2) is 48.5 Å². The minimum Gasteiger partial charge on any atom is -0.388 e. The molecule has 0 unspecified atom stereocenters. The van der Waals surface area contributed by atoms with Gasteiger partial charge in [-0.25, -0.2) is 8.78 Å². The van der Waals surface area contributed by atoms with Crippen LogP contribution < -0.4 is 0 Å². The van der Waals surface area contributed by atoms with E-state index in [-0.39, 0.29) is 17.7 Å². The van der Waals surface area contributed by atoms with Crippen LogP contribution in [0.1, 0.15) is 23.3 Å². The summed E-state index contributed by atoms with van der Waals surface area (Å²) in [6.45, 7) is 0.740. The van der Waals surface area contributed by atoms with Crippen molar-refractivity contribution in [2.75, 3.05) is 11.9 Å². The second kappa shape index (κ2) is 7.64. The molecule has 21 heavy (non-hydrogen) atoms. The number of hydrogen-bond donors (Lipinski definition) is 1. The van der Waals surface area contributed by atoms with Gasteiger partial charge in [-0.2, -0.15) is 0 Å². The molecule has 0 radical (unpaired) electrons. The summed E-state index contributed by atoms with van der Waals surface area (Å²) in [5.74, 6) is -0.504. The van der Waals surface area contributed by atoms with Crippen LogP contribution in [-0.4, -0.2) is 17.0 Å². The molecule has 3 rings (SSSR count). The molecule has 0 amide bonds. The predicted octanol–water partition coefficient (Wildman–Crippen LogP) is 4.15. The van der Waals surface area contributed by atoms with Gasteiger partial charge >= 0.3 is 0 Å². The summed E-state index contributed by atoms with van der Waals surface area (Å²) in [6.07, 6.45) is -0.457. The van der Waals surface area contributed by atoms with Gasteiger partial charge < -0.3 is 9.84 Å². The molecule has 5 heteroatoms. The smallest absolute Gasteiger partial charge is 0.123 e. The van der Waals surface area contributed by atoms with E-state index in [4.69, 9.17) is 4.74 Å². The van der Waals surface area contributed by atoms with Gasteiger partial charge in [0.25, 0.3) is 0 Å². The molecule has 1 saturated heterocycles. The summed E-state index contributed by atoms with van der Waals surface area (Å²) in [5, 5.41) is 9.67. The molecule has 1 aliphatic rings. The van der Waals surface area contributed by atoms with E-state index in [1.54, 1.807) is 18.2 Å². The average molecular weight is 357 g/mol. The maximum atomic E-state index is 12.5. The van der Waals surface area contributed by atoms with Crippen molar-refractivity contribution in [1.29, 1.82) is 0 Å². The molecule has 0 aromatic heterocycles. The number of rotatable bonds is 3. The Morgan fingerprint density at radius 2 is 1.76 bits per heavy atom. The third-order valence-corrected chi connectivity index (χ3v) is 3.55. The second-order valence-electron chi connectivity index (χ2n) is 4.60. The molecule has 1 fully saturated rings. The first-order chi connectivity index (χ1) is 10.1. The average Bonchev–Trinajstić information content (AvgIpc) is 3.32. The van der Waals surface area contributed by atoms with Crippen LogP contribution in [0.5, 0.6) is 0 Å². The molecule has 2 aromatic rings. The van der Waals surface area contributed by atoms with Crippen LogP contribution in [-0.2, 0) is 4.74 Å². The SMILES string of the molecule is Fc1cccc([C@@H]2CO2)c1.O[C@@H](CBr)c1cccc(F)c1. The Labute approximate surface area is 130 Å². The van der Waals surface area contributed by atoms with E-state index >= 15 is 0 Å². The van der Waals surface area contributed by atoms with Crippen molar-refractivity contribution in [2.45, 2.75) is 12.2 Å². The Morgan fingerprint density at radius 3 is 2.29 bits per heavy atom. The quantitative estimate of drug-likeness (QED) is 0.661. The summed E-state index contributed by atoms with van der Waals surface area (Å²) in [4.78, 5) is 0. The third-order valence-electron chi connectivity index (χ3n) is 2.93. The summed E-state index contributed by atoms with van der Waals surface area (Å²) in [7, 11) is 0. The van der Waals surface area contributed by atoms with Crippen LogP contribution in [0.25, 0.3) is 0 Å². The van der Waals surface area contributed by atoms with Gasteiger partial charge in [-0.3, -0.25) is 0 Å². The normalized spacial score (nSPS) is 17.6. The largest absolute Gasteiger partial charge is 0.388 e. The molecule has 0 spiro atoms. The lowest BCUT2D eigenvalue weighted by atomic mass is 10.1. The summed E-state index contributed by atoms with van der Waals surface area (Å²) >= 11 is 3.10. The number of alkyl halides is 1. The van der Waals surface area contributed by atoms with E-state index in [9.17, 15) is 13.9 Å². The number of ether oxygens (including phenoxy) is 1. The van der Waals surface area contributed by atoms with E-state index in [1.165, 1.54) is 24.3 Å². The number of hydrogen-bond acceptors (Lipinski definition) is 2. The van der Waals surface area contributed by atoms with Gasteiger partial charge in [-0.05, 0) is 35.4 Å². The van der Waals surface area contributed by atoms with Gasteiger partial charge in [0.2, 0.25) is 0 Å². The maximum Gasteiger partial charge on any atom is 0.123 e. The van der Waals surface area contributed by atoms with Crippen molar-refractivity contribution < 1.29 is 18.6 Å². The van der Waals surface area contributed by atoms with Crippen molar-refractivity contribution in [3.05, 3.63) is 71.3 Å². The lowest BCUT2D eigenvalue weighted by molar-refractivity contribution is 0.205. The van der Waals surface area contributed by atoms with Gasteiger partial charge in [0, 0.05) is 5.33 Å². The minimum atomic E-state index is -0.620. The highest BCUT2D eigenvalue weighted by molar-refractivity contribution is 9.09. The molecule has 1 N–H and O–H groups in total. The summed E-state index contributed by atoms with van der Waals surface area (Å²) < 4.78 is 30.0. The zero-order valence-corrected chi connectivity index (χ0v) is 12.8. The van der Waals surface area contributed by atoms with Crippen molar-refractivity contribution in [3.8, 4) is 0 Å². The van der Waals surface area contributed by atoms with E-state index in [0.29, 0.717) is 10.9 Å². The molecule has 0 bridgehead atoms. The molecule has 0 aliphatic carbocycles. The van der Waals surface area contributed by atoms with Crippen LogP contribution in [0.3, 0.4) is 0 Å². The Hall–Kier alpha value is -1.30. The number of epoxide rings is 1. The number of benzene rings is 2. The van der Waals surface area contributed by atoms with Gasteiger partial charge in [-0.1, -0.05) is 40.2 Å². The van der Waals surface area contributed by atoms with Crippen LogP contribution in [0.4, 0.5) is 8.78 Å². The van der Waals surface area contributed by atoms with Crippen molar-refractivity contribution >= 4 is 15.9 Å². The number of halogens is 3. The summed E-state index contributed by atoms with van der Waals surface area (Å²) in [6, 6.07) is 12.5. The van der Waals surface area contributed by atoms with E-state index in [1.807, 2.05) is 6.07 Å². The first kappa shape index (κ1) is 16.1. The molecule has 2 atom stereocenters. The lowest BCUT2D eigenvalue weighted by Crippen LogP contribution is -1.97. The van der Waals surface area contributed by atoms with E-state index in [2.05, 4.69) is 15.9 Å². The first-order valence-electron chi connectivity index (χ1n) is 6.46. The number of aliphatic hydroxyl groups excluding tert-OH is 1. The van der Waals surface area contributed by atoms with Crippen molar-refractivity contribution in [2.24, 2.45) is 0 Å². The highest BCUT2D eigenvalue weighted by Gasteiger charge is 2.24. The molecular weight excluding hydrogens is 342 g/mol. The van der Waals surface area contributed by atoms with Gasteiger partial charge in [-0.15, -0.1) is 0 Å². The fourth-order valence-electron chi connectivity index (χ4n) is 1.75. The van der Waals surface area contributed by atoms with E-state index in [0.717, 1.165) is 12.2 Å². The highest BCUT2D eigenvalue weighted by Crippen LogP contribution is 2.29. The second-order valence-corrected chi connectivity index (χ2v) is 5.25. The monoisotopic (exact) mass is 356 g/mol. The number of aliphatic hydroxyl groups is 1. The fourth-order valence-corrected chi connectivity index (χ4v) is 2.12. The zero-order valence-electron chi connectivity index (χ0n) is 11.2. The zero-order chi connectivity index (χ0) is 15.2. The molecule has 1 heterocycles. The topological polar surface area (TPSA) is 32.8 Å². The van der Waals surface area contributed by atoms with Gasteiger partial charge in [0.05, 0.1) is 12.7 Å². The van der Waals surface area contributed by atoms with Crippen LogP contribution in [0, 0.1) is 11.6 Å². The summed E-state index contributed by atoms with van der Waals surface area (Å²) in [5.41, 5.74) is 1.54. The highest BCUT2D eigenvalue weighted by atomic mass is 79.9. The third kappa shape index (κ3) is 5.19. The fraction of sp³-hybridized carbons (Fsp3) is 0.250. The molecule has 2 nitrogen and oxygen atoms in total. The van der Waals surface area contributed by atoms with E-state index < -0.39 is 6.10 Å². The molecule has 2 aromatic carbocycles. The molecule has 0 saturated carbocycles. The minimum absolute atomic E-state index is 0.163. The molecular formula is C16H15BrF2O2. The van der Waals surface area contributed by atoms with Gasteiger partial charge in [0.1, 0.15) is 17.7 Å². The van der Waals surface area contributed by atoms with Crippen LogP contribution in [0.2, 0.25) is 0 Å². The van der Waals surface area contributed by atoms with Crippen molar-refractivity contribution in [3.63, 3.8) is 0 Å². The predicted molar refractivity (Wildman–Crippen MR) is 80.2 cm³/mol.